The van der Waals surface area contributed by atoms with Gasteiger partial charge in [0.05, 0.1) is 6.54 Å². The Morgan fingerprint density at radius 3 is 2.95 bits per heavy atom. The summed E-state index contributed by atoms with van der Waals surface area (Å²) in [5.74, 6) is 0.387. The maximum Gasteiger partial charge on any atom is 0.270 e. The number of rotatable bonds is 4. The van der Waals surface area contributed by atoms with Crippen molar-refractivity contribution >= 4 is 11.8 Å². The minimum atomic E-state index is -0.417. The fourth-order valence-electron chi connectivity index (χ4n) is 2.26. The first-order chi connectivity index (χ1) is 9.00. The summed E-state index contributed by atoms with van der Waals surface area (Å²) in [6.07, 6.45) is 2.79. The van der Waals surface area contributed by atoms with Crippen LogP contribution < -0.4 is 5.32 Å². The molecule has 0 fully saturated rings. The smallest absolute Gasteiger partial charge is 0.270 e. The minimum Gasteiger partial charge on any atom is -0.354 e. The number of fused-ring (bicyclic) bond motifs is 1. The van der Waals surface area contributed by atoms with Crippen LogP contribution in [0.15, 0.2) is 18.3 Å². The van der Waals surface area contributed by atoms with Gasteiger partial charge in [0.2, 0.25) is 5.91 Å². The van der Waals surface area contributed by atoms with Crippen LogP contribution in [0, 0.1) is 5.92 Å². The van der Waals surface area contributed by atoms with E-state index in [1.807, 2.05) is 16.8 Å². The summed E-state index contributed by atoms with van der Waals surface area (Å²) in [5.41, 5.74) is 0.647. The highest BCUT2D eigenvalue weighted by molar-refractivity contribution is 5.97. The highest BCUT2D eigenvalue weighted by atomic mass is 16.2. The number of carbonyl (C=O) groups is 2. The van der Waals surface area contributed by atoms with Crippen molar-refractivity contribution in [2.24, 2.45) is 5.92 Å². The fourth-order valence-corrected chi connectivity index (χ4v) is 2.26. The lowest BCUT2D eigenvalue weighted by atomic mass is 10.1. The number of hydrogen-bond donors (Lipinski definition) is 1. The third kappa shape index (κ3) is 2.80. The maximum absolute atomic E-state index is 12.1. The van der Waals surface area contributed by atoms with Crippen LogP contribution in [0.5, 0.6) is 0 Å². The van der Waals surface area contributed by atoms with Gasteiger partial charge in [-0.2, -0.15) is 0 Å². The fraction of sp³-hybridized carbons (Fsp3) is 0.571. The van der Waals surface area contributed by atoms with Crippen molar-refractivity contribution in [3.05, 3.63) is 24.0 Å². The van der Waals surface area contributed by atoms with E-state index in [4.69, 9.17) is 0 Å². The van der Waals surface area contributed by atoms with E-state index in [9.17, 15) is 9.59 Å². The number of likely N-dealkylation sites (N-methyl/N-ethyl adjacent to an activating group) is 1. The van der Waals surface area contributed by atoms with Gasteiger partial charge in [-0.1, -0.05) is 13.8 Å². The predicted octanol–water partition coefficient (Wildman–Crippen LogP) is 1.10. The van der Waals surface area contributed by atoms with E-state index in [0.717, 1.165) is 6.42 Å². The standard InChI is InChI=1S/C14H21N3O2/c1-10(2)6-7-15-13(18)12-9-17-8-4-5-11(17)14(19)16(12)3/h4-5,8,10,12H,6-7,9H2,1-3H3,(H,15,18). The van der Waals surface area contributed by atoms with Gasteiger partial charge in [-0.15, -0.1) is 0 Å². The largest absolute Gasteiger partial charge is 0.354 e. The highest BCUT2D eigenvalue weighted by Crippen LogP contribution is 2.16. The topological polar surface area (TPSA) is 54.3 Å². The van der Waals surface area contributed by atoms with Crippen LogP contribution in [-0.4, -0.2) is 40.9 Å². The first-order valence-corrected chi connectivity index (χ1v) is 6.70. The summed E-state index contributed by atoms with van der Waals surface area (Å²) in [6, 6.07) is 3.20. The summed E-state index contributed by atoms with van der Waals surface area (Å²) in [4.78, 5) is 25.8. The number of nitrogens with zero attached hydrogens (tertiary/aromatic N) is 2. The molecule has 0 bridgehead atoms. The van der Waals surface area contributed by atoms with E-state index < -0.39 is 6.04 Å². The van der Waals surface area contributed by atoms with E-state index in [2.05, 4.69) is 19.2 Å². The second-order valence-electron chi connectivity index (χ2n) is 5.45. The van der Waals surface area contributed by atoms with E-state index >= 15 is 0 Å². The SMILES string of the molecule is CC(C)CCNC(=O)C1Cn2cccc2C(=O)N1C. The molecule has 0 radical (unpaired) electrons. The molecule has 1 aliphatic rings. The van der Waals surface area contributed by atoms with Crippen LogP contribution in [0.25, 0.3) is 0 Å². The summed E-state index contributed by atoms with van der Waals surface area (Å²) in [5, 5.41) is 2.91. The molecule has 1 aromatic rings. The molecular formula is C14H21N3O2. The molecule has 5 heteroatoms. The molecule has 1 unspecified atom stereocenters. The zero-order valence-corrected chi connectivity index (χ0v) is 11.7. The second kappa shape index (κ2) is 5.47. The number of aromatic nitrogens is 1. The van der Waals surface area contributed by atoms with Gasteiger partial charge in [0.15, 0.2) is 0 Å². The zero-order chi connectivity index (χ0) is 14.0. The van der Waals surface area contributed by atoms with Crippen molar-refractivity contribution in [2.75, 3.05) is 13.6 Å². The van der Waals surface area contributed by atoms with Gasteiger partial charge in [0.1, 0.15) is 11.7 Å². The average molecular weight is 263 g/mol. The molecule has 1 aromatic heterocycles. The molecule has 0 saturated carbocycles. The van der Waals surface area contributed by atoms with Crippen LogP contribution >= 0.6 is 0 Å². The third-order valence-corrected chi connectivity index (χ3v) is 3.53. The first kappa shape index (κ1) is 13.6. The highest BCUT2D eigenvalue weighted by Gasteiger charge is 2.33. The molecule has 1 atom stereocenters. The number of nitrogens with one attached hydrogen (secondary N) is 1. The lowest BCUT2D eigenvalue weighted by molar-refractivity contribution is -0.126. The first-order valence-electron chi connectivity index (χ1n) is 6.70. The van der Waals surface area contributed by atoms with Gasteiger partial charge in [-0.05, 0) is 24.5 Å². The summed E-state index contributed by atoms with van der Waals surface area (Å²) in [7, 11) is 1.69. The molecular weight excluding hydrogens is 242 g/mol. The summed E-state index contributed by atoms with van der Waals surface area (Å²) < 4.78 is 1.84. The molecule has 104 valence electrons. The van der Waals surface area contributed by atoms with Gasteiger partial charge in [-0.3, -0.25) is 9.59 Å². The van der Waals surface area contributed by atoms with Gasteiger partial charge in [0.25, 0.3) is 5.91 Å². The molecule has 0 aliphatic carbocycles. The van der Waals surface area contributed by atoms with Crippen LogP contribution in [-0.2, 0) is 11.3 Å². The minimum absolute atomic E-state index is 0.0733. The Bertz CT molecular complexity index is 479. The Balaban J connectivity index is 2.01. The van der Waals surface area contributed by atoms with Crippen LogP contribution in [0.1, 0.15) is 30.8 Å². The Labute approximate surface area is 113 Å². The monoisotopic (exact) mass is 263 g/mol. The van der Waals surface area contributed by atoms with Gasteiger partial charge < -0.3 is 14.8 Å². The lowest BCUT2D eigenvalue weighted by Crippen LogP contribution is -2.53. The lowest BCUT2D eigenvalue weighted by Gasteiger charge is -2.32. The molecule has 1 N–H and O–H groups in total. The maximum atomic E-state index is 12.1. The molecule has 2 amide bonds. The molecule has 0 spiro atoms. The summed E-state index contributed by atoms with van der Waals surface area (Å²) in [6.45, 7) is 5.43. The predicted molar refractivity (Wildman–Crippen MR) is 72.8 cm³/mol. The number of amides is 2. The summed E-state index contributed by atoms with van der Waals surface area (Å²) >= 11 is 0. The van der Waals surface area contributed by atoms with Crippen LogP contribution in [0.4, 0.5) is 0 Å². The molecule has 2 rings (SSSR count). The van der Waals surface area contributed by atoms with E-state index in [-0.39, 0.29) is 11.8 Å². The van der Waals surface area contributed by atoms with E-state index in [0.29, 0.717) is 24.7 Å². The Morgan fingerprint density at radius 2 is 2.26 bits per heavy atom. The van der Waals surface area contributed by atoms with Gasteiger partial charge in [-0.25, -0.2) is 0 Å². The van der Waals surface area contributed by atoms with Crippen molar-refractivity contribution < 1.29 is 9.59 Å². The van der Waals surface area contributed by atoms with Crippen LogP contribution in [0.3, 0.4) is 0 Å². The Kier molecular flexibility index (Phi) is 3.93. The van der Waals surface area contributed by atoms with Crippen molar-refractivity contribution in [3.63, 3.8) is 0 Å². The average Bonchev–Trinajstić information content (AvgIpc) is 2.81. The van der Waals surface area contributed by atoms with Crippen molar-refractivity contribution in [1.82, 2.24) is 14.8 Å². The molecule has 2 heterocycles. The molecule has 0 aromatic carbocycles. The zero-order valence-electron chi connectivity index (χ0n) is 11.7. The van der Waals surface area contributed by atoms with E-state index in [1.165, 1.54) is 4.90 Å². The second-order valence-corrected chi connectivity index (χ2v) is 5.45. The van der Waals surface area contributed by atoms with Crippen molar-refractivity contribution in [1.29, 1.82) is 0 Å². The van der Waals surface area contributed by atoms with Crippen molar-refractivity contribution in [3.8, 4) is 0 Å². The Hall–Kier alpha value is -1.78. The Morgan fingerprint density at radius 1 is 1.53 bits per heavy atom. The quantitative estimate of drug-likeness (QED) is 0.884. The molecule has 19 heavy (non-hydrogen) atoms. The molecule has 5 nitrogen and oxygen atoms in total. The van der Waals surface area contributed by atoms with Crippen LogP contribution in [0.2, 0.25) is 0 Å². The number of carbonyl (C=O) groups excluding carboxylic acids is 2. The van der Waals surface area contributed by atoms with E-state index in [1.54, 1.807) is 13.1 Å². The van der Waals surface area contributed by atoms with Gasteiger partial charge in [0, 0.05) is 19.8 Å². The molecule has 1 aliphatic heterocycles. The third-order valence-electron chi connectivity index (χ3n) is 3.53. The molecule has 0 saturated heterocycles. The normalized spacial score (nSPS) is 18.6. The van der Waals surface area contributed by atoms with Gasteiger partial charge >= 0.3 is 0 Å². The van der Waals surface area contributed by atoms with Crippen molar-refractivity contribution in [2.45, 2.75) is 32.9 Å². The number of hydrogen-bond acceptors (Lipinski definition) is 2.